The van der Waals surface area contributed by atoms with Gasteiger partial charge in [-0.05, 0) is 94.6 Å². The second kappa shape index (κ2) is 25.8. The summed E-state index contributed by atoms with van der Waals surface area (Å²) in [5, 5.41) is 21.5. The molecule has 0 bridgehead atoms. The number of benzene rings is 5. The minimum atomic E-state index is -1.14. The Morgan fingerprint density at radius 2 is 0.988 bits per heavy atom. The Morgan fingerprint density at radius 3 is 1.43 bits per heavy atom. The fraction of sp³-hybridized carbons (Fsp3) is 0.460. The van der Waals surface area contributed by atoms with Crippen LogP contribution in [0.25, 0.3) is 21.5 Å². The molecule has 2 aliphatic rings. The Kier molecular flexibility index (Phi) is 19.4. The zero-order chi connectivity index (χ0) is 59.1. The van der Waals surface area contributed by atoms with Crippen LogP contribution in [0, 0.1) is 10.8 Å². The molecule has 18 nitrogen and oxygen atoms in total. The Bertz CT molecular complexity index is 3170. The minimum Gasteiger partial charge on any atom is -0.467 e. The molecule has 5 aromatic carbocycles. The first kappa shape index (κ1) is 60.9. The molecule has 0 spiro atoms. The number of ether oxygens (including phenoxy) is 2. The number of hydrogen-bond donors (Lipinski definition) is 6. The van der Waals surface area contributed by atoms with E-state index in [4.69, 9.17) is 9.47 Å². The van der Waals surface area contributed by atoms with Gasteiger partial charge in [-0.2, -0.15) is 0 Å². The molecule has 0 radical (unpaired) electrons. The maximum Gasteiger partial charge on any atom is 0.328 e. The third-order valence-corrected chi connectivity index (χ3v) is 15.9. The maximum absolute atomic E-state index is 15.3. The first-order valence-corrected chi connectivity index (χ1v) is 27.7. The van der Waals surface area contributed by atoms with E-state index in [0.29, 0.717) is 5.56 Å². The van der Waals surface area contributed by atoms with E-state index in [1.54, 1.807) is 27.9 Å². The van der Waals surface area contributed by atoms with Crippen LogP contribution < -0.4 is 31.9 Å². The Hall–Kier alpha value is -7.70. The van der Waals surface area contributed by atoms with Gasteiger partial charge >= 0.3 is 11.9 Å². The zero-order valence-electron chi connectivity index (χ0n) is 48.7. The molecule has 7 rings (SSSR count). The zero-order valence-corrected chi connectivity index (χ0v) is 48.7. The number of hydrogen-bond acceptors (Lipinski definition) is 12. The van der Waals surface area contributed by atoms with Gasteiger partial charge in [0, 0.05) is 38.3 Å². The van der Waals surface area contributed by atoms with E-state index < -0.39 is 112 Å². The Morgan fingerprint density at radius 1 is 0.543 bits per heavy atom. The van der Waals surface area contributed by atoms with Gasteiger partial charge in [-0.1, -0.05) is 145 Å². The predicted octanol–water partition coefficient (Wildman–Crippen LogP) is 5.01. The van der Waals surface area contributed by atoms with E-state index in [0.717, 1.165) is 43.8 Å². The summed E-state index contributed by atoms with van der Waals surface area (Å²) >= 11 is 0. The lowest BCUT2D eigenvalue weighted by atomic mass is 9.83. The van der Waals surface area contributed by atoms with Crippen molar-refractivity contribution in [2.24, 2.45) is 10.8 Å². The van der Waals surface area contributed by atoms with Crippen LogP contribution in [0.3, 0.4) is 0 Å². The lowest BCUT2D eigenvalue weighted by molar-refractivity contribution is -0.149. The summed E-state index contributed by atoms with van der Waals surface area (Å²) in [6.45, 7) is 14.3. The minimum absolute atomic E-state index is 0.0409. The number of rotatable bonds is 19. The molecule has 7 unspecified atom stereocenters. The lowest BCUT2D eigenvalue weighted by Crippen LogP contribution is -2.62. The van der Waals surface area contributed by atoms with Crippen LogP contribution in [0.5, 0.6) is 0 Å². The molecule has 432 valence electrons. The van der Waals surface area contributed by atoms with Gasteiger partial charge < -0.3 is 51.2 Å². The molecule has 2 aliphatic heterocycles. The van der Waals surface area contributed by atoms with Crippen LogP contribution in [0.2, 0.25) is 0 Å². The average molecular weight is 1110 g/mol. The number of likely N-dealkylation sites (N-methyl/N-ethyl adjacent to an activating group) is 2. The third kappa shape index (κ3) is 14.4. The molecule has 1 saturated heterocycles. The summed E-state index contributed by atoms with van der Waals surface area (Å²) < 4.78 is 10.4. The van der Waals surface area contributed by atoms with Crippen molar-refractivity contribution in [2.45, 2.75) is 142 Å². The number of nitrogens with zero attached hydrogens (tertiary/aromatic N) is 2. The van der Waals surface area contributed by atoms with Crippen molar-refractivity contribution in [3.8, 4) is 0 Å². The maximum atomic E-state index is 15.3. The van der Waals surface area contributed by atoms with E-state index in [9.17, 15) is 28.8 Å². The summed E-state index contributed by atoms with van der Waals surface area (Å²) in [6, 6.07) is 25.0. The van der Waals surface area contributed by atoms with Crippen LogP contribution in [-0.2, 0) is 73.6 Å². The summed E-state index contributed by atoms with van der Waals surface area (Å²) in [4.78, 5) is 117. The van der Waals surface area contributed by atoms with Crippen LogP contribution in [-0.4, -0.2) is 140 Å². The highest BCUT2D eigenvalue weighted by molar-refractivity contribution is 5.97. The van der Waals surface area contributed by atoms with Crippen LogP contribution in [0.1, 0.15) is 95.5 Å². The number of amides is 6. The molecule has 18 heteroatoms. The molecule has 0 saturated carbocycles. The standard InChI is InChI=1S/C63H80N8O10/c1-36(64-9)54(72)68-52(62(3,4)5)58(76)70-34-46-31-44(25-26-45(46)32-50(70)56(74)66-48(60(78)80-11)29-38-21-23-40-17-13-15-19-42(40)27-38)47-33-51(71(35-47)59(77)53(63(6,7)8)69-55(73)37(2)65-10)57(75)67-49(61(79)81-12)30-39-22-24-41-18-14-16-20-43(41)28-39/h13-28,31,36-37,47-53,64-65H,29-30,32-35H2,1-12H3,(H,66,74)(H,67,75)(H,68,72)(H,69,73)/t36-,37-,47?,48?,49?,50?,51?,52?,53?/m0/s1. The van der Waals surface area contributed by atoms with E-state index in [-0.39, 0.29) is 38.8 Å². The van der Waals surface area contributed by atoms with Crippen molar-refractivity contribution < 1.29 is 47.8 Å². The summed E-state index contributed by atoms with van der Waals surface area (Å²) in [7, 11) is 5.78. The predicted molar refractivity (Wildman–Crippen MR) is 310 cm³/mol. The molecular weight excluding hydrogens is 1030 g/mol. The number of fused-ring (bicyclic) bond motifs is 3. The monoisotopic (exact) mass is 1110 g/mol. The second-order valence-corrected chi connectivity index (χ2v) is 23.7. The van der Waals surface area contributed by atoms with Gasteiger partial charge in [0.2, 0.25) is 35.4 Å². The summed E-state index contributed by atoms with van der Waals surface area (Å²) in [6.07, 6.45) is 0.383. The molecule has 9 atom stereocenters. The van der Waals surface area contributed by atoms with E-state index in [1.807, 2.05) is 145 Å². The number of methoxy groups -OCH3 is 2. The van der Waals surface area contributed by atoms with Crippen molar-refractivity contribution in [3.63, 3.8) is 0 Å². The lowest BCUT2D eigenvalue weighted by Gasteiger charge is -2.41. The second-order valence-electron chi connectivity index (χ2n) is 23.7. The molecule has 6 amide bonds. The highest BCUT2D eigenvalue weighted by atomic mass is 16.5. The van der Waals surface area contributed by atoms with E-state index in [1.165, 1.54) is 24.0 Å². The summed E-state index contributed by atoms with van der Waals surface area (Å²) in [5.41, 5.74) is 2.11. The van der Waals surface area contributed by atoms with Gasteiger partial charge in [0.15, 0.2) is 0 Å². The normalized spacial score (nSPS) is 18.5. The number of esters is 2. The van der Waals surface area contributed by atoms with Crippen molar-refractivity contribution in [3.05, 3.63) is 131 Å². The molecule has 1 fully saturated rings. The highest BCUT2D eigenvalue weighted by Crippen LogP contribution is 2.37. The van der Waals surface area contributed by atoms with Gasteiger partial charge in [-0.15, -0.1) is 0 Å². The van der Waals surface area contributed by atoms with Crippen LogP contribution in [0.4, 0.5) is 0 Å². The van der Waals surface area contributed by atoms with Crippen molar-refractivity contribution in [1.29, 1.82) is 0 Å². The fourth-order valence-corrected chi connectivity index (χ4v) is 10.7. The number of carbonyl (C=O) groups is 8. The largest absolute Gasteiger partial charge is 0.467 e. The Labute approximate surface area is 475 Å². The molecular formula is C63H80N8O10. The number of nitrogens with one attached hydrogen (secondary N) is 6. The van der Waals surface area contributed by atoms with Crippen molar-refractivity contribution in [2.75, 3.05) is 34.9 Å². The molecule has 0 aliphatic carbocycles. The van der Waals surface area contributed by atoms with E-state index in [2.05, 4.69) is 31.9 Å². The van der Waals surface area contributed by atoms with Gasteiger partial charge in [-0.3, -0.25) is 28.8 Å². The van der Waals surface area contributed by atoms with Gasteiger partial charge in [0.1, 0.15) is 36.3 Å². The van der Waals surface area contributed by atoms with Crippen molar-refractivity contribution >= 4 is 68.9 Å². The SMILES string of the molecule is CN[C@@H](C)C(=O)NC(C(=O)N1Cc2cc(C3CC(C(=O)NC(Cc4ccc5ccccc5c4)C(=O)OC)N(C(=O)C(NC(=O)[C@H](C)NC)C(C)(C)C)C3)ccc2CC1C(=O)NC(Cc1ccc2ccccc2c1)C(=O)OC)C(C)(C)C. The van der Waals surface area contributed by atoms with Gasteiger partial charge in [0.05, 0.1) is 26.3 Å². The highest BCUT2D eigenvalue weighted by Gasteiger charge is 2.48. The van der Waals surface area contributed by atoms with E-state index >= 15 is 9.59 Å². The third-order valence-electron chi connectivity index (χ3n) is 15.9. The quantitative estimate of drug-likeness (QED) is 0.0600. The Balaban J connectivity index is 1.24. The number of carbonyl (C=O) groups excluding carboxylic acids is 8. The van der Waals surface area contributed by atoms with Crippen LogP contribution >= 0.6 is 0 Å². The average Bonchev–Trinajstić information content (AvgIpc) is 4.18. The number of likely N-dealkylation sites (tertiary alicyclic amines) is 1. The summed E-state index contributed by atoms with van der Waals surface area (Å²) in [5.74, 6) is -4.78. The molecule has 5 aromatic rings. The molecule has 2 heterocycles. The molecule has 6 N–H and O–H groups in total. The first-order chi connectivity index (χ1) is 38.3. The fourth-order valence-electron chi connectivity index (χ4n) is 10.7. The van der Waals surface area contributed by atoms with Gasteiger partial charge in [-0.25, -0.2) is 9.59 Å². The molecule has 0 aromatic heterocycles. The van der Waals surface area contributed by atoms with Crippen molar-refractivity contribution in [1.82, 2.24) is 41.7 Å². The van der Waals surface area contributed by atoms with Gasteiger partial charge in [0.25, 0.3) is 0 Å². The molecule has 81 heavy (non-hydrogen) atoms. The topological polar surface area (TPSA) is 234 Å². The van der Waals surface area contributed by atoms with Crippen LogP contribution in [0.15, 0.2) is 103 Å². The smallest absolute Gasteiger partial charge is 0.328 e. The first-order valence-electron chi connectivity index (χ1n) is 27.7.